The van der Waals surface area contributed by atoms with E-state index in [9.17, 15) is 4.79 Å². The number of methoxy groups -OCH3 is 1. The molecule has 120 valence electrons. The number of benzene rings is 1. The lowest BCUT2D eigenvalue weighted by Crippen LogP contribution is -2.47. The predicted molar refractivity (Wildman–Crippen MR) is 82.3 cm³/mol. The standard InChI is InChI=1S/C17H23NO4/c1-20-12-5-6-15(14(10-12)16(18)19)21-11-13-4-2-7-17(22-13)8-3-9-17/h5-6,10,13H,2-4,7-9,11H2,1H3,(H2,18,19). The molecule has 5 nitrogen and oxygen atoms in total. The van der Waals surface area contributed by atoms with E-state index in [-0.39, 0.29) is 11.7 Å². The lowest BCUT2D eigenvalue weighted by Gasteiger charge is -2.47. The minimum absolute atomic E-state index is 0.0943. The first-order valence-corrected chi connectivity index (χ1v) is 7.90. The SMILES string of the molecule is COc1ccc(OCC2CCCC3(CCC3)O2)c(C(N)=O)c1. The molecular weight excluding hydrogens is 282 g/mol. The van der Waals surface area contributed by atoms with Crippen molar-refractivity contribution in [3.05, 3.63) is 23.8 Å². The molecule has 1 saturated carbocycles. The first-order valence-electron chi connectivity index (χ1n) is 7.90. The smallest absolute Gasteiger partial charge is 0.252 e. The van der Waals surface area contributed by atoms with Crippen molar-refractivity contribution in [2.75, 3.05) is 13.7 Å². The van der Waals surface area contributed by atoms with E-state index in [0.29, 0.717) is 23.7 Å². The average Bonchev–Trinajstić information content (AvgIpc) is 2.51. The second-order valence-corrected chi connectivity index (χ2v) is 6.21. The number of hydrogen-bond acceptors (Lipinski definition) is 4. The summed E-state index contributed by atoms with van der Waals surface area (Å²) in [5.41, 5.74) is 5.87. The number of amides is 1. The Kier molecular flexibility index (Phi) is 4.25. The summed E-state index contributed by atoms with van der Waals surface area (Å²) in [6.07, 6.45) is 7.04. The normalized spacial score (nSPS) is 22.9. The quantitative estimate of drug-likeness (QED) is 0.908. The second-order valence-electron chi connectivity index (χ2n) is 6.21. The fraction of sp³-hybridized carbons (Fsp3) is 0.588. The van der Waals surface area contributed by atoms with Crippen LogP contribution in [0.4, 0.5) is 0 Å². The Bertz CT molecular complexity index is 554. The molecule has 0 aromatic heterocycles. The molecule has 1 aliphatic heterocycles. The van der Waals surface area contributed by atoms with E-state index in [0.717, 1.165) is 6.42 Å². The van der Waals surface area contributed by atoms with Gasteiger partial charge in [-0.25, -0.2) is 0 Å². The van der Waals surface area contributed by atoms with Crippen LogP contribution in [0.3, 0.4) is 0 Å². The van der Waals surface area contributed by atoms with Gasteiger partial charge in [-0.05, 0) is 56.7 Å². The first kappa shape index (κ1) is 15.2. The largest absolute Gasteiger partial charge is 0.497 e. The first-order chi connectivity index (χ1) is 10.6. The lowest BCUT2D eigenvalue weighted by molar-refractivity contribution is -0.176. The number of rotatable bonds is 5. The van der Waals surface area contributed by atoms with Crippen LogP contribution in [0.1, 0.15) is 48.9 Å². The van der Waals surface area contributed by atoms with Gasteiger partial charge < -0.3 is 19.9 Å². The molecule has 22 heavy (non-hydrogen) atoms. The topological polar surface area (TPSA) is 70.8 Å². The molecule has 1 aromatic carbocycles. The Hall–Kier alpha value is -1.75. The fourth-order valence-electron chi connectivity index (χ4n) is 3.32. The van der Waals surface area contributed by atoms with E-state index in [1.165, 1.54) is 32.1 Å². The van der Waals surface area contributed by atoms with E-state index in [4.69, 9.17) is 19.9 Å². The molecule has 2 N–H and O–H groups in total. The van der Waals surface area contributed by atoms with E-state index in [1.54, 1.807) is 25.3 Å². The Balaban J connectivity index is 1.64. The van der Waals surface area contributed by atoms with Crippen LogP contribution < -0.4 is 15.2 Å². The lowest BCUT2D eigenvalue weighted by atomic mass is 9.74. The maximum absolute atomic E-state index is 11.6. The van der Waals surface area contributed by atoms with Gasteiger partial charge in [-0.2, -0.15) is 0 Å². The molecule has 1 aromatic rings. The van der Waals surface area contributed by atoms with E-state index >= 15 is 0 Å². The van der Waals surface area contributed by atoms with Crippen molar-refractivity contribution in [1.29, 1.82) is 0 Å². The van der Waals surface area contributed by atoms with Gasteiger partial charge in [0.1, 0.15) is 18.1 Å². The third-order valence-electron chi connectivity index (χ3n) is 4.72. The summed E-state index contributed by atoms with van der Waals surface area (Å²) in [4.78, 5) is 11.6. The van der Waals surface area contributed by atoms with E-state index in [2.05, 4.69) is 0 Å². The summed E-state index contributed by atoms with van der Waals surface area (Å²) < 4.78 is 17.1. The molecule has 3 rings (SSSR count). The van der Waals surface area contributed by atoms with Crippen molar-refractivity contribution in [3.8, 4) is 11.5 Å². The fourth-order valence-corrected chi connectivity index (χ4v) is 3.32. The van der Waals surface area contributed by atoms with Crippen LogP contribution in [-0.4, -0.2) is 31.3 Å². The maximum Gasteiger partial charge on any atom is 0.252 e. The molecule has 5 heteroatoms. The van der Waals surface area contributed by atoms with Crippen LogP contribution in [0.2, 0.25) is 0 Å². The summed E-state index contributed by atoms with van der Waals surface area (Å²) in [5, 5.41) is 0. The molecule has 0 bridgehead atoms. The third kappa shape index (κ3) is 3.04. The van der Waals surface area contributed by atoms with Crippen molar-refractivity contribution < 1.29 is 19.0 Å². The van der Waals surface area contributed by atoms with Crippen LogP contribution in [0, 0.1) is 0 Å². The van der Waals surface area contributed by atoms with Gasteiger partial charge in [0, 0.05) is 0 Å². The van der Waals surface area contributed by atoms with Gasteiger partial charge in [-0.15, -0.1) is 0 Å². The van der Waals surface area contributed by atoms with Gasteiger partial charge in [0.25, 0.3) is 5.91 Å². The zero-order valence-electron chi connectivity index (χ0n) is 13.0. The Morgan fingerprint density at radius 2 is 2.14 bits per heavy atom. The molecule has 2 fully saturated rings. The van der Waals surface area contributed by atoms with Crippen molar-refractivity contribution in [2.24, 2.45) is 5.73 Å². The highest BCUT2D eigenvalue weighted by atomic mass is 16.5. The number of carbonyl (C=O) groups is 1. The third-order valence-corrected chi connectivity index (χ3v) is 4.72. The Morgan fingerprint density at radius 3 is 2.77 bits per heavy atom. The van der Waals surface area contributed by atoms with Gasteiger partial charge in [-0.3, -0.25) is 4.79 Å². The summed E-state index contributed by atoms with van der Waals surface area (Å²) in [5.74, 6) is 0.558. The molecule has 1 saturated heterocycles. The van der Waals surface area contributed by atoms with Crippen molar-refractivity contribution >= 4 is 5.91 Å². The van der Waals surface area contributed by atoms with Gasteiger partial charge in [-0.1, -0.05) is 0 Å². The number of nitrogens with two attached hydrogens (primary N) is 1. The summed E-state index contributed by atoms with van der Waals surface area (Å²) in [6, 6.07) is 5.09. The summed E-state index contributed by atoms with van der Waals surface area (Å²) in [7, 11) is 1.55. The monoisotopic (exact) mass is 305 g/mol. The molecule has 1 atom stereocenters. The van der Waals surface area contributed by atoms with Crippen LogP contribution in [-0.2, 0) is 4.74 Å². The van der Waals surface area contributed by atoms with Gasteiger partial charge in [0.2, 0.25) is 0 Å². The Labute approximate surface area is 130 Å². The molecule has 1 amide bonds. The number of carbonyl (C=O) groups excluding carboxylic acids is 1. The molecular formula is C17H23NO4. The number of ether oxygens (including phenoxy) is 3. The predicted octanol–water partition coefficient (Wildman–Crippen LogP) is 2.66. The molecule has 2 aliphatic rings. The number of hydrogen-bond donors (Lipinski definition) is 1. The highest BCUT2D eigenvalue weighted by Gasteiger charge is 2.42. The zero-order valence-corrected chi connectivity index (χ0v) is 13.0. The highest BCUT2D eigenvalue weighted by molar-refractivity contribution is 5.96. The van der Waals surface area contributed by atoms with Crippen molar-refractivity contribution in [1.82, 2.24) is 0 Å². The zero-order chi connectivity index (χ0) is 15.6. The van der Waals surface area contributed by atoms with Crippen molar-refractivity contribution in [2.45, 2.75) is 50.2 Å². The van der Waals surface area contributed by atoms with E-state index < -0.39 is 5.91 Å². The van der Waals surface area contributed by atoms with Crippen LogP contribution >= 0.6 is 0 Å². The molecule has 1 unspecified atom stereocenters. The molecule has 1 spiro atoms. The van der Waals surface area contributed by atoms with Gasteiger partial charge in [0.05, 0.1) is 24.4 Å². The minimum atomic E-state index is -0.520. The molecule has 0 radical (unpaired) electrons. The molecule has 1 aliphatic carbocycles. The van der Waals surface area contributed by atoms with Crippen molar-refractivity contribution in [3.63, 3.8) is 0 Å². The van der Waals surface area contributed by atoms with Crippen LogP contribution in [0.5, 0.6) is 11.5 Å². The van der Waals surface area contributed by atoms with Gasteiger partial charge in [0.15, 0.2) is 0 Å². The van der Waals surface area contributed by atoms with Crippen LogP contribution in [0.15, 0.2) is 18.2 Å². The minimum Gasteiger partial charge on any atom is -0.497 e. The summed E-state index contributed by atoms with van der Waals surface area (Å²) >= 11 is 0. The second kappa shape index (κ2) is 6.16. The average molecular weight is 305 g/mol. The van der Waals surface area contributed by atoms with Gasteiger partial charge >= 0.3 is 0 Å². The maximum atomic E-state index is 11.6. The van der Waals surface area contributed by atoms with Crippen LogP contribution in [0.25, 0.3) is 0 Å². The highest BCUT2D eigenvalue weighted by Crippen LogP contribution is 2.44. The van der Waals surface area contributed by atoms with E-state index in [1.807, 2.05) is 0 Å². The molecule has 1 heterocycles. The summed E-state index contributed by atoms with van der Waals surface area (Å²) in [6.45, 7) is 0.453. The number of primary amides is 1. The Morgan fingerprint density at radius 1 is 1.36 bits per heavy atom.